The van der Waals surface area contributed by atoms with Crippen LogP contribution in [0.5, 0.6) is 0 Å². The molecule has 2 aliphatic rings. The third kappa shape index (κ3) is 2.43. The Morgan fingerprint density at radius 3 is 2.61 bits per heavy atom. The first-order valence-corrected chi connectivity index (χ1v) is 7.98. The fourth-order valence-corrected chi connectivity index (χ4v) is 4.07. The lowest BCUT2D eigenvalue weighted by atomic mass is 9.89. The number of hydrogen-bond acceptors (Lipinski definition) is 5. The minimum absolute atomic E-state index is 0.263. The van der Waals surface area contributed by atoms with Crippen LogP contribution < -0.4 is 4.90 Å². The first-order valence-electron chi connectivity index (χ1n) is 6.30. The van der Waals surface area contributed by atoms with Gasteiger partial charge in [-0.1, -0.05) is 0 Å². The maximum atomic E-state index is 5.76. The summed E-state index contributed by atoms with van der Waals surface area (Å²) < 4.78 is 12.4. The molecular formula is C12H17BrN2O2S. The van der Waals surface area contributed by atoms with E-state index in [4.69, 9.17) is 9.47 Å². The highest BCUT2D eigenvalue weighted by atomic mass is 79.9. The topological polar surface area (TPSA) is 34.6 Å². The van der Waals surface area contributed by atoms with Gasteiger partial charge < -0.3 is 14.4 Å². The van der Waals surface area contributed by atoms with E-state index >= 15 is 0 Å². The second kappa shape index (κ2) is 5.07. The minimum atomic E-state index is -0.263. The number of nitrogens with zero attached hydrogens (tertiary/aromatic N) is 2. The Hall–Kier alpha value is -0.170. The lowest BCUT2D eigenvalue weighted by Crippen LogP contribution is -2.42. The Morgan fingerprint density at radius 1 is 1.39 bits per heavy atom. The molecule has 0 N–H and O–H groups in total. The van der Waals surface area contributed by atoms with Crippen molar-refractivity contribution in [2.45, 2.75) is 37.5 Å². The molecule has 1 aliphatic heterocycles. The number of rotatable bonds is 2. The van der Waals surface area contributed by atoms with Crippen LogP contribution in [-0.4, -0.2) is 37.1 Å². The molecule has 100 valence electrons. The molecule has 0 bridgehead atoms. The normalized spacial score (nSPS) is 23.7. The van der Waals surface area contributed by atoms with Crippen molar-refractivity contribution in [3.63, 3.8) is 0 Å². The lowest BCUT2D eigenvalue weighted by Gasteiger charge is -2.38. The molecule has 1 aromatic heterocycles. The molecular weight excluding hydrogens is 316 g/mol. The molecule has 0 radical (unpaired) electrons. The maximum Gasteiger partial charge on any atom is 0.186 e. The molecule has 2 heterocycles. The smallest absolute Gasteiger partial charge is 0.186 e. The van der Waals surface area contributed by atoms with Crippen LogP contribution in [0.25, 0.3) is 0 Å². The van der Waals surface area contributed by atoms with Crippen LogP contribution in [0.4, 0.5) is 5.13 Å². The number of thiazole rings is 1. The van der Waals surface area contributed by atoms with Gasteiger partial charge in [0.05, 0.1) is 13.2 Å². The van der Waals surface area contributed by atoms with Crippen LogP contribution in [-0.2, 0) is 9.47 Å². The second-order valence-corrected chi connectivity index (χ2v) is 6.55. The Bertz CT molecular complexity index is 410. The molecule has 4 nitrogen and oxygen atoms in total. The van der Waals surface area contributed by atoms with Crippen molar-refractivity contribution in [3.8, 4) is 0 Å². The number of aromatic nitrogens is 1. The van der Waals surface area contributed by atoms with Crippen LogP contribution in [0.15, 0.2) is 9.98 Å². The van der Waals surface area contributed by atoms with Gasteiger partial charge in [-0.25, -0.2) is 4.98 Å². The van der Waals surface area contributed by atoms with Gasteiger partial charge in [0.25, 0.3) is 0 Å². The zero-order valence-corrected chi connectivity index (χ0v) is 12.8. The van der Waals surface area contributed by atoms with E-state index in [1.54, 1.807) is 11.3 Å². The molecule has 3 rings (SSSR count). The van der Waals surface area contributed by atoms with E-state index < -0.39 is 0 Å². The van der Waals surface area contributed by atoms with Crippen molar-refractivity contribution in [2.24, 2.45) is 0 Å². The van der Waals surface area contributed by atoms with E-state index in [2.05, 4.69) is 32.9 Å². The molecule has 18 heavy (non-hydrogen) atoms. The highest BCUT2D eigenvalue weighted by molar-refractivity contribution is 9.10. The summed E-state index contributed by atoms with van der Waals surface area (Å²) >= 11 is 5.09. The Kier molecular flexibility index (Phi) is 3.62. The van der Waals surface area contributed by atoms with Crippen molar-refractivity contribution >= 4 is 32.4 Å². The maximum absolute atomic E-state index is 5.76. The fourth-order valence-electron chi connectivity index (χ4n) is 2.78. The summed E-state index contributed by atoms with van der Waals surface area (Å²) in [5.41, 5.74) is 0. The van der Waals surface area contributed by atoms with E-state index in [1.165, 1.54) is 0 Å². The van der Waals surface area contributed by atoms with Gasteiger partial charge in [0.1, 0.15) is 4.60 Å². The zero-order valence-electron chi connectivity index (χ0n) is 10.4. The van der Waals surface area contributed by atoms with E-state index in [1.807, 2.05) is 5.38 Å². The highest BCUT2D eigenvalue weighted by Gasteiger charge is 2.41. The third-order valence-corrected chi connectivity index (χ3v) is 5.48. The standard InChI is InChI=1S/C12H17BrN2O2S/c1-15(11-14-10(13)8-18-11)9-2-4-12(5-3-9)16-6-7-17-12/h8-9H,2-7H2,1H3. The highest BCUT2D eigenvalue weighted by Crippen LogP contribution is 2.38. The number of anilines is 1. The van der Waals surface area contributed by atoms with Crippen molar-refractivity contribution in [3.05, 3.63) is 9.98 Å². The van der Waals surface area contributed by atoms with Crippen molar-refractivity contribution in [1.82, 2.24) is 4.98 Å². The summed E-state index contributed by atoms with van der Waals surface area (Å²) in [6.07, 6.45) is 4.20. The number of halogens is 1. The van der Waals surface area contributed by atoms with Crippen molar-refractivity contribution < 1.29 is 9.47 Å². The summed E-state index contributed by atoms with van der Waals surface area (Å²) in [5.74, 6) is -0.263. The first kappa shape index (κ1) is 12.8. The molecule has 0 unspecified atom stereocenters. The van der Waals surface area contributed by atoms with Gasteiger partial charge in [0, 0.05) is 31.3 Å². The molecule has 1 saturated carbocycles. The Labute approximate surface area is 119 Å². The van der Waals surface area contributed by atoms with Crippen LogP contribution in [0.3, 0.4) is 0 Å². The molecule has 2 fully saturated rings. The van der Waals surface area contributed by atoms with E-state index in [9.17, 15) is 0 Å². The predicted molar refractivity (Wildman–Crippen MR) is 75.1 cm³/mol. The summed E-state index contributed by atoms with van der Waals surface area (Å²) in [4.78, 5) is 6.76. The third-order valence-electron chi connectivity index (χ3n) is 3.84. The van der Waals surface area contributed by atoms with Gasteiger partial charge in [-0.3, -0.25) is 0 Å². The van der Waals surface area contributed by atoms with Gasteiger partial charge in [-0.2, -0.15) is 0 Å². The van der Waals surface area contributed by atoms with Gasteiger partial charge in [0.2, 0.25) is 0 Å². The van der Waals surface area contributed by atoms with Gasteiger partial charge in [0.15, 0.2) is 10.9 Å². The van der Waals surface area contributed by atoms with Crippen LogP contribution >= 0.6 is 27.3 Å². The van der Waals surface area contributed by atoms with E-state index in [-0.39, 0.29) is 5.79 Å². The Morgan fingerprint density at radius 2 is 2.06 bits per heavy atom. The van der Waals surface area contributed by atoms with Gasteiger partial charge >= 0.3 is 0 Å². The molecule has 0 atom stereocenters. The SMILES string of the molecule is CN(c1nc(Br)cs1)C1CCC2(CC1)OCCO2. The first-order chi connectivity index (χ1) is 8.69. The molecule has 1 spiro atoms. The van der Waals surface area contributed by atoms with E-state index in [0.717, 1.165) is 48.6 Å². The summed E-state index contributed by atoms with van der Waals surface area (Å²) in [5, 5.41) is 3.11. The van der Waals surface area contributed by atoms with E-state index in [0.29, 0.717) is 6.04 Å². The van der Waals surface area contributed by atoms with Crippen LogP contribution in [0, 0.1) is 0 Å². The van der Waals surface area contributed by atoms with Crippen molar-refractivity contribution in [1.29, 1.82) is 0 Å². The Balaban J connectivity index is 1.62. The van der Waals surface area contributed by atoms with Gasteiger partial charge in [-0.05, 0) is 28.8 Å². The average Bonchev–Trinajstić information content (AvgIpc) is 3.00. The summed E-state index contributed by atoms with van der Waals surface area (Å²) in [6.45, 7) is 1.50. The van der Waals surface area contributed by atoms with Crippen LogP contribution in [0.1, 0.15) is 25.7 Å². The molecule has 1 aliphatic carbocycles. The van der Waals surface area contributed by atoms with Gasteiger partial charge in [-0.15, -0.1) is 11.3 Å². The largest absolute Gasteiger partial charge is 0.348 e. The molecule has 1 saturated heterocycles. The predicted octanol–water partition coefficient (Wildman–Crippen LogP) is 3.03. The molecule has 0 aromatic carbocycles. The number of ether oxygens (including phenoxy) is 2. The average molecular weight is 333 g/mol. The van der Waals surface area contributed by atoms with Crippen molar-refractivity contribution in [2.75, 3.05) is 25.2 Å². The molecule has 1 aromatic rings. The second-order valence-electron chi connectivity index (χ2n) is 4.90. The quantitative estimate of drug-likeness (QED) is 0.833. The molecule has 0 amide bonds. The lowest BCUT2D eigenvalue weighted by molar-refractivity contribution is -0.178. The summed E-state index contributed by atoms with van der Waals surface area (Å²) in [6, 6.07) is 0.543. The number of hydrogen-bond donors (Lipinski definition) is 0. The monoisotopic (exact) mass is 332 g/mol. The zero-order chi connectivity index (χ0) is 12.6. The minimum Gasteiger partial charge on any atom is -0.348 e. The summed E-state index contributed by atoms with van der Waals surface area (Å²) in [7, 11) is 2.13. The fraction of sp³-hybridized carbons (Fsp3) is 0.750. The molecule has 6 heteroatoms. The van der Waals surface area contributed by atoms with Crippen LogP contribution in [0.2, 0.25) is 0 Å².